The number of carboxylic acids is 1. The highest BCUT2D eigenvalue weighted by Gasteiger charge is 2.45. The lowest BCUT2D eigenvalue weighted by molar-refractivity contribution is -0.231. The number of aliphatic carboxylic acids is 1. The van der Waals surface area contributed by atoms with Crippen molar-refractivity contribution in [1.29, 1.82) is 0 Å². The summed E-state index contributed by atoms with van der Waals surface area (Å²) in [5.74, 6) is -1.01. The van der Waals surface area contributed by atoms with Gasteiger partial charge in [0.1, 0.15) is 5.54 Å². The van der Waals surface area contributed by atoms with Crippen LogP contribution in [0.15, 0.2) is 0 Å². The molecular weight excluding hydrogens is 275 g/mol. The first-order valence-electron chi connectivity index (χ1n) is 6.92. The van der Waals surface area contributed by atoms with Gasteiger partial charge in [-0.15, -0.1) is 0 Å². The van der Waals surface area contributed by atoms with E-state index < -0.39 is 29.9 Å². The van der Waals surface area contributed by atoms with Crippen LogP contribution in [0.2, 0.25) is 0 Å². The molecule has 1 rings (SSSR count). The quantitative estimate of drug-likeness (QED) is 0.791. The first-order valence-corrected chi connectivity index (χ1v) is 6.92. The molecule has 0 aromatic heterocycles. The van der Waals surface area contributed by atoms with E-state index in [9.17, 15) is 23.1 Å². The number of hydrogen-bond donors (Lipinski definition) is 2. The molecule has 0 radical (unpaired) electrons. The van der Waals surface area contributed by atoms with Gasteiger partial charge in [0.25, 0.3) is 0 Å². The number of nitrogens with one attached hydrogen (secondary N) is 1. The van der Waals surface area contributed by atoms with E-state index in [1.807, 2.05) is 6.92 Å². The van der Waals surface area contributed by atoms with E-state index in [4.69, 9.17) is 4.74 Å². The van der Waals surface area contributed by atoms with Gasteiger partial charge in [0, 0.05) is 6.42 Å². The average Bonchev–Trinajstić information content (AvgIpc) is 2.35. The molecule has 0 saturated heterocycles. The lowest BCUT2D eigenvalue weighted by Crippen LogP contribution is -2.56. The van der Waals surface area contributed by atoms with Gasteiger partial charge >= 0.3 is 12.1 Å². The fraction of sp³-hybridized carbons (Fsp3) is 0.923. The minimum atomic E-state index is -4.42. The van der Waals surface area contributed by atoms with Gasteiger partial charge < -0.3 is 15.2 Å². The van der Waals surface area contributed by atoms with E-state index in [0.29, 0.717) is 25.8 Å². The minimum Gasteiger partial charge on any atom is -0.480 e. The molecule has 0 heterocycles. The molecule has 118 valence electrons. The van der Waals surface area contributed by atoms with Crippen LogP contribution in [0.1, 0.15) is 46.0 Å². The third kappa shape index (κ3) is 4.34. The van der Waals surface area contributed by atoms with Crippen LogP contribution in [-0.4, -0.2) is 41.5 Å². The van der Waals surface area contributed by atoms with Crippen LogP contribution in [0.4, 0.5) is 13.2 Å². The molecular formula is C13H22F3NO3. The molecule has 0 amide bonds. The molecule has 0 spiro atoms. The molecule has 3 unspecified atom stereocenters. The third-order valence-corrected chi connectivity index (χ3v) is 3.69. The summed E-state index contributed by atoms with van der Waals surface area (Å²) in [5.41, 5.74) is -1.16. The molecule has 0 aromatic carbocycles. The predicted molar refractivity (Wildman–Crippen MR) is 67.5 cm³/mol. The Morgan fingerprint density at radius 3 is 2.70 bits per heavy atom. The Morgan fingerprint density at radius 2 is 2.20 bits per heavy atom. The van der Waals surface area contributed by atoms with E-state index in [1.165, 1.54) is 0 Å². The van der Waals surface area contributed by atoms with Crippen LogP contribution in [0.25, 0.3) is 0 Å². The van der Waals surface area contributed by atoms with Crippen LogP contribution >= 0.6 is 0 Å². The van der Waals surface area contributed by atoms with Gasteiger partial charge in [0.05, 0.1) is 6.10 Å². The van der Waals surface area contributed by atoms with Crippen molar-refractivity contribution in [1.82, 2.24) is 5.32 Å². The maximum atomic E-state index is 12.5. The molecule has 0 aliphatic heterocycles. The zero-order chi connectivity index (χ0) is 15.4. The summed E-state index contributed by atoms with van der Waals surface area (Å²) in [6, 6.07) is 0. The lowest BCUT2D eigenvalue weighted by atomic mass is 9.80. The molecule has 0 bridgehead atoms. The van der Waals surface area contributed by atoms with Crippen molar-refractivity contribution in [3.8, 4) is 0 Å². The van der Waals surface area contributed by atoms with Gasteiger partial charge in [-0.2, -0.15) is 13.2 Å². The van der Waals surface area contributed by atoms with Crippen LogP contribution in [0.3, 0.4) is 0 Å². The highest BCUT2D eigenvalue weighted by atomic mass is 19.4. The molecule has 1 saturated carbocycles. The maximum absolute atomic E-state index is 12.5. The van der Waals surface area contributed by atoms with Crippen molar-refractivity contribution >= 4 is 5.97 Å². The SMILES string of the molecule is CCCNC1(C(=O)O)CCCC(OC(C)C(F)(F)F)C1. The number of rotatable bonds is 6. The second kappa shape index (κ2) is 6.76. The van der Waals surface area contributed by atoms with Crippen LogP contribution in [-0.2, 0) is 9.53 Å². The van der Waals surface area contributed by atoms with E-state index in [1.54, 1.807) is 0 Å². The summed E-state index contributed by atoms with van der Waals surface area (Å²) < 4.78 is 42.5. The molecule has 20 heavy (non-hydrogen) atoms. The number of ether oxygens (including phenoxy) is 1. The smallest absolute Gasteiger partial charge is 0.414 e. The van der Waals surface area contributed by atoms with Gasteiger partial charge in [-0.25, -0.2) is 0 Å². The van der Waals surface area contributed by atoms with E-state index >= 15 is 0 Å². The van der Waals surface area contributed by atoms with Gasteiger partial charge in [-0.3, -0.25) is 4.79 Å². The van der Waals surface area contributed by atoms with Crippen molar-refractivity contribution in [2.45, 2.75) is 69.9 Å². The Kier molecular flexibility index (Phi) is 5.82. The average molecular weight is 297 g/mol. The Bertz CT molecular complexity index is 335. The van der Waals surface area contributed by atoms with E-state index in [0.717, 1.165) is 13.3 Å². The molecule has 1 aliphatic carbocycles. The van der Waals surface area contributed by atoms with Crippen molar-refractivity contribution in [2.24, 2.45) is 0 Å². The van der Waals surface area contributed by atoms with E-state index in [2.05, 4.69) is 5.32 Å². The molecule has 1 fully saturated rings. The number of halogens is 3. The predicted octanol–water partition coefficient (Wildman–Crippen LogP) is 2.72. The van der Waals surface area contributed by atoms with Gasteiger partial charge in [0.2, 0.25) is 0 Å². The minimum absolute atomic E-state index is 0.0722. The Labute approximate surface area is 116 Å². The first kappa shape index (κ1) is 17.2. The largest absolute Gasteiger partial charge is 0.480 e. The van der Waals surface area contributed by atoms with Crippen LogP contribution in [0, 0.1) is 0 Å². The summed E-state index contributed by atoms with van der Waals surface area (Å²) in [6.07, 6.45) is -4.71. The Morgan fingerprint density at radius 1 is 1.55 bits per heavy atom. The summed E-state index contributed by atoms with van der Waals surface area (Å²) in [5, 5.41) is 12.4. The van der Waals surface area contributed by atoms with Gasteiger partial charge in [-0.1, -0.05) is 6.92 Å². The number of carboxylic acid groups (broad SMARTS) is 1. The standard InChI is InChI=1S/C13H22F3NO3/c1-3-7-17-12(11(18)19)6-4-5-10(8-12)20-9(2)13(14,15)16/h9-10,17H,3-8H2,1-2H3,(H,18,19). The summed E-state index contributed by atoms with van der Waals surface area (Å²) in [4.78, 5) is 11.5. The van der Waals surface area contributed by atoms with Crippen molar-refractivity contribution in [3.05, 3.63) is 0 Å². The molecule has 4 nitrogen and oxygen atoms in total. The topological polar surface area (TPSA) is 58.6 Å². The monoisotopic (exact) mass is 297 g/mol. The molecule has 7 heteroatoms. The molecule has 2 N–H and O–H groups in total. The van der Waals surface area contributed by atoms with Crippen molar-refractivity contribution in [2.75, 3.05) is 6.54 Å². The second-order valence-corrected chi connectivity index (χ2v) is 5.35. The van der Waals surface area contributed by atoms with Crippen LogP contribution in [0.5, 0.6) is 0 Å². The molecule has 3 atom stereocenters. The summed E-state index contributed by atoms with van der Waals surface area (Å²) >= 11 is 0. The molecule has 1 aliphatic rings. The first-order chi connectivity index (χ1) is 9.21. The normalized spacial score (nSPS) is 29.1. The Balaban J connectivity index is 2.70. The number of alkyl halides is 3. The van der Waals surface area contributed by atoms with Crippen molar-refractivity contribution in [3.63, 3.8) is 0 Å². The van der Waals surface area contributed by atoms with E-state index in [-0.39, 0.29) is 6.42 Å². The number of carbonyl (C=O) groups is 1. The van der Waals surface area contributed by atoms with Crippen molar-refractivity contribution < 1.29 is 27.8 Å². The second-order valence-electron chi connectivity index (χ2n) is 5.35. The fourth-order valence-electron chi connectivity index (χ4n) is 2.50. The summed E-state index contributed by atoms with van der Waals surface area (Å²) in [6.45, 7) is 3.38. The highest BCUT2D eigenvalue weighted by molar-refractivity contribution is 5.79. The zero-order valence-electron chi connectivity index (χ0n) is 11.8. The van der Waals surface area contributed by atoms with Gasteiger partial charge in [0.15, 0.2) is 6.10 Å². The maximum Gasteiger partial charge on any atom is 0.414 e. The van der Waals surface area contributed by atoms with Gasteiger partial charge in [-0.05, 0) is 39.2 Å². The van der Waals surface area contributed by atoms with Crippen LogP contribution < -0.4 is 5.32 Å². The highest BCUT2D eigenvalue weighted by Crippen LogP contribution is 2.33. The molecule has 0 aromatic rings. The third-order valence-electron chi connectivity index (χ3n) is 3.69. The number of hydrogen-bond acceptors (Lipinski definition) is 3. The summed E-state index contributed by atoms with van der Waals surface area (Å²) in [7, 11) is 0. The lowest BCUT2D eigenvalue weighted by Gasteiger charge is -2.39. The fourth-order valence-corrected chi connectivity index (χ4v) is 2.50. The zero-order valence-corrected chi connectivity index (χ0v) is 11.8. The Hall–Kier alpha value is -0.820.